The standard InChI is InChI=1S/C18H29N3O3.C10H19NO2.C3H7NO.C3H6/c1-13-7-8-14(5-3-2-4-6-17(20)22)11-16(13)24-12-15(19)9-10-18(21)23;1-10(2,3)6-9(13)11-5-4-8(12)7-11;1-2-4-3-5;1-3-2/h7-8,11,15H,2-6,9-10,12,19H2,1H3,(H2,20,22)(H2,21,23);8,12H,4-7H2,1-3H3;3H,2H2,1H3,(H,4,5);3H,1H2,2H3. The molecule has 11 nitrogen and oxygen atoms in total. The van der Waals surface area contributed by atoms with Gasteiger partial charge in [-0.3, -0.25) is 19.2 Å². The van der Waals surface area contributed by atoms with Crippen molar-refractivity contribution in [2.24, 2.45) is 22.6 Å². The number of rotatable bonds is 15. The highest BCUT2D eigenvalue weighted by molar-refractivity contribution is 5.77. The van der Waals surface area contributed by atoms with E-state index in [1.165, 1.54) is 5.56 Å². The van der Waals surface area contributed by atoms with E-state index in [0.29, 0.717) is 38.8 Å². The molecular formula is C34H61N5O6. The van der Waals surface area contributed by atoms with Gasteiger partial charge in [0.25, 0.3) is 0 Å². The number of ether oxygens (including phenoxy) is 1. The second-order valence-corrected chi connectivity index (χ2v) is 12.3. The number of nitrogens with one attached hydrogen (secondary N) is 1. The van der Waals surface area contributed by atoms with Crippen LogP contribution in [0.3, 0.4) is 0 Å². The predicted octanol–water partition coefficient (Wildman–Crippen LogP) is 3.52. The van der Waals surface area contributed by atoms with Crippen LogP contribution in [0, 0.1) is 12.3 Å². The highest BCUT2D eigenvalue weighted by Gasteiger charge is 2.27. The molecular weight excluding hydrogens is 574 g/mol. The van der Waals surface area contributed by atoms with E-state index >= 15 is 0 Å². The van der Waals surface area contributed by atoms with E-state index in [1.54, 1.807) is 11.0 Å². The molecule has 4 amide bonds. The number of aliphatic hydroxyl groups excluding tert-OH is 1. The number of likely N-dealkylation sites (tertiary alicyclic amines) is 1. The number of aliphatic hydroxyl groups is 1. The molecule has 1 aliphatic rings. The van der Waals surface area contributed by atoms with E-state index in [2.05, 4.69) is 38.7 Å². The van der Waals surface area contributed by atoms with Gasteiger partial charge in [0.05, 0.1) is 6.10 Å². The van der Waals surface area contributed by atoms with Crippen LogP contribution in [-0.2, 0) is 25.6 Å². The number of primary amides is 2. The Labute approximate surface area is 271 Å². The molecule has 1 aliphatic heterocycles. The van der Waals surface area contributed by atoms with Crippen LogP contribution >= 0.6 is 0 Å². The summed E-state index contributed by atoms with van der Waals surface area (Å²) in [7, 11) is 0. The maximum Gasteiger partial charge on any atom is 0.223 e. The summed E-state index contributed by atoms with van der Waals surface area (Å²) in [4.78, 5) is 44.1. The summed E-state index contributed by atoms with van der Waals surface area (Å²) in [5.74, 6) is 0.400. The van der Waals surface area contributed by atoms with E-state index in [9.17, 15) is 24.3 Å². The summed E-state index contributed by atoms with van der Waals surface area (Å²) < 4.78 is 5.79. The van der Waals surface area contributed by atoms with Crippen LogP contribution in [-0.4, -0.2) is 72.5 Å². The molecule has 2 unspecified atom stereocenters. The molecule has 0 radical (unpaired) electrons. The van der Waals surface area contributed by atoms with Gasteiger partial charge in [0.15, 0.2) is 0 Å². The number of hydrogen-bond donors (Lipinski definition) is 5. The summed E-state index contributed by atoms with van der Waals surface area (Å²) in [5, 5.41) is 11.7. The molecule has 45 heavy (non-hydrogen) atoms. The largest absolute Gasteiger partial charge is 0.492 e. The first-order valence-electron chi connectivity index (χ1n) is 15.8. The highest BCUT2D eigenvalue weighted by Crippen LogP contribution is 2.22. The SMILES string of the molecule is C=CC.CC(C)(C)CC(=O)N1CCC(O)C1.CCNC=O.Cc1ccc(CCCCCC(N)=O)cc1OCC(N)CCC(N)=O. The lowest BCUT2D eigenvalue weighted by Crippen LogP contribution is -2.32. The molecule has 2 atom stereocenters. The maximum atomic E-state index is 11.6. The van der Waals surface area contributed by atoms with E-state index < -0.39 is 0 Å². The minimum absolute atomic E-state index is 0.0463. The molecule has 11 heteroatoms. The number of β-amino-alcohol motifs (C(OH)–C–C–N with tert-alkyl or cyclic N) is 1. The normalized spacial score (nSPS) is 14.2. The molecule has 1 saturated heterocycles. The van der Waals surface area contributed by atoms with E-state index in [-0.39, 0.29) is 41.7 Å². The number of unbranched alkanes of at least 4 members (excludes halogenated alkanes) is 2. The van der Waals surface area contributed by atoms with Crippen molar-refractivity contribution in [2.75, 3.05) is 26.2 Å². The van der Waals surface area contributed by atoms with Crippen LogP contribution in [0.4, 0.5) is 0 Å². The lowest BCUT2D eigenvalue weighted by Gasteiger charge is -2.22. The van der Waals surface area contributed by atoms with Gasteiger partial charge >= 0.3 is 0 Å². The second-order valence-electron chi connectivity index (χ2n) is 12.3. The molecule has 1 heterocycles. The lowest BCUT2D eigenvalue weighted by atomic mass is 9.92. The topological polar surface area (TPSA) is 191 Å². The number of carbonyl (C=O) groups is 4. The number of allylic oxidation sites excluding steroid dienone is 1. The molecule has 258 valence electrons. The summed E-state index contributed by atoms with van der Waals surface area (Å²) in [6.07, 6.45) is 8.43. The van der Waals surface area contributed by atoms with Gasteiger partial charge in [-0.1, -0.05) is 45.4 Å². The average molecular weight is 636 g/mol. The van der Waals surface area contributed by atoms with Crippen molar-refractivity contribution in [3.8, 4) is 5.75 Å². The Hall–Kier alpha value is -3.44. The first-order valence-corrected chi connectivity index (χ1v) is 15.8. The Kier molecular flexibility index (Phi) is 25.1. The van der Waals surface area contributed by atoms with Crippen molar-refractivity contribution in [3.05, 3.63) is 42.0 Å². The number of carbonyl (C=O) groups excluding carboxylic acids is 4. The van der Waals surface area contributed by atoms with Crippen LogP contribution < -0.4 is 27.3 Å². The van der Waals surface area contributed by atoms with Gasteiger partial charge in [-0.2, -0.15) is 0 Å². The first-order chi connectivity index (χ1) is 21.1. The van der Waals surface area contributed by atoms with Crippen LogP contribution in [0.25, 0.3) is 0 Å². The minimum atomic E-state index is -0.347. The Bertz CT molecular complexity index is 996. The molecule has 1 fully saturated rings. The number of hydrogen-bond acceptors (Lipinski definition) is 7. The average Bonchev–Trinajstić information content (AvgIpc) is 3.39. The Balaban J connectivity index is 0. The predicted molar refractivity (Wildman–Crippen MR) is 181 cm³/mol. The minimum Gasteiger partial charge on any atom is -0.492 e. The van der Waals surface area contributed by atoms with Crippen molar-refractivity contribution in [1.29, 1.82) is 0 Å². The maximum absolute atomic E-state index is 11.6. The van der Waals surface area contributed by atoms with Crippen molar-refractivity contribution in [2.45, 2.75) is 111 Å². The molecule has 2 rings (SSSR count). The lowest BCUT2D eigenvalue weighted by molar-refractivity contribution is -0.132. The Morgan fingerprint density at radius 2 is 1.78 bits per heavy atom. The number of amides is 4. The molecule has 0 spiro atoms. The molecule has 1 aromatic rings. The molecule has 1 aromatic carbocycles. The van der Waals surface area contributed by atoms with Gasteiger partial charge in [0.2, 0.25) is 24.1 Å². The Morgan fingerprint density at radius 3 is 2.24 bits per heavy atom. The number of nitrogens with two attached hydrogens (primary N) is 3. The van der Waals surface area contributed by atoms with Crippen LogP contribution in [0.2, 0.25) is 0 Å². The zero-order valence-corrected chi connectivity index (χ0v) is 28.6. The van der Waals surface area contributed by atoms with Gasteiger partial charge in [0.1, 0.15) is 12.4 Å². The van der Waals surface area contributed by atoms with E-state index in [4.69, 9.17) is 21.9 Å². The molecule has 0 aromatic heterocycles. The Morgan fingerprint density at radius 1 is 1.16 bits per heavy atom. The fourth-order valence-corrected chi connectivity index (χ4v) is 3.99. The van der Waals surface area contributed by atoms with E-state index in [1.807, 2.05) is 32.9 Å². The number of benzene rings is 1. The van der Waals surface area contributed by atoms with Gasteiger partial charge in [0, 0.05) is 44.9 Å². The molecule has 8 N–H and O–H groups in total. The monoisotopic (exact) mass is 635 g/mol. The van der Waals surface area contributed by atoms with E-state index in [0.717, 1.165) is 56.5 Å². The molecule has 0 bridgehead atoms. The van der Waals surface area contributed by atoms with Gasteiger partial charge < -0.3 is 37.3 Å². The number of aryl methyl sites for hydroxylation is 2. The summed E-state index contributed by atoms with van der Waals surface area (Å²) in [6, 6.07) is 5.94. The van der Waals surface area contributed by atoms with Gasteiger partial charge in [-0.15, -0.1) is 6.58 Å². The summed E-state index contributed by atoms with van der Waals surface area (Å²) >= 11 is 0. The third kappa shape index (κ3) is 26.7. The van der Waals surface area contributed by atoms with Crippen LogP contribution in [0.5, 0.6) is 5.75 Å². The third-order valence-corrected chi connectivity index (χ3v) is 6.34. The summed E-state index contributed by atoms with van der Waals surface area (Å²) in [5.41, 5.74) is 18.5. The first kappa shape index (κ1) is 43.7. The fourth-order valence-electron chi connectivity index (χ4n) is 3.99. The third-order valence-electron chi connectivity index (χ3n) is 6.34. The van der Waals surface area contributed by atoms with Crippen LogP contribution in [0.15, 0.2) is 30.9 Å². The van der Waals surface area contributed by atoms with Crippen LogP contribution in [0.1, 0.15) is 97.1 Å². The van der Waals surface area contributed by atoms with Gasteiger partial charge in [-0.25, -0.2) is 0 Å². The molecule has 0 saturated carbocycles. The number of nitrogens with zero attached hydrogens (tertiary/aromatic N) is 1. The van der Waals surface area contributed by atoms with Crippen molar-refractivity contribution in [3.63, 3.8) is 0 Å². The zero-order valence-electron chi connectivity index (χ0n) is 28.6. The van der Waals surface area contributed by atoms with Gasteiger partial charge in [-0.05, 0) is 75.5 Å². The summed E-state index contributed by atoms with van der Waals surface area (Å²) in [6.45, 7) is 17.6. The highest BCUT2D eigenvalue weighted by atomic mass is 16.5. The van der Waals surface area contributed by atoms with Crippen molar-refractivity contribution < 1.29 is 29.0 Å². The van der Waals surface area contributed by atoms with Crippen molar-refractivity contribution in [1.82, 2.24) is 10.2 Å². The van der Waals surface area contributed by atoms with Crippen molar-refractivity contribution >= 4 is 24.1 Å². The molecule has 0 aliphatic carbocycles. The fraction of sp³-hybridized carbons (Fsp3) is 0.647. The quantitative estimate of drug-likeness (QED) is 0.111. The zero-order chi connectivity index (χ0) is 34.8. The smallest absolute Gasteiger partial charge is 0.223 e. The second kappa shape index (κ2) is 25.8.